The summed E-state index contributed by atoms with van der Waals surface area (Å²) < 4.78 is 4.15. The third-order valence-corrected chi connectivity index (χ3v) is 2.98. The minimum atomic E-state index is 0.608. The van der Waals surface area contributed by atoms with E-state index >= 15 is 0 Å². The van der Waals surface area contributed by atoms with Gasteiger partial charge in [-0.25, -0.2) is 4.57 Å². The highest BCUT2D eigenvalue weighted by Crippen LogP contribution is 2.05. The summed E-state index contributed by atoms with van der Waals surface area (Å²) in [5.74, 6) is 1.53. The molecule has 0 saturated heterocycles. The Morgan fingerprint density at radius 2 is 2.06 bits per heavy atom. The number of nitrogens with zero attached hydrogens (tertiary/aromatic N) is 3. The van der Waals surface area contributed by atoms with Gasteiger partial charge in [-0.05, 0) is 4.98 Å². The van der Waals surface area contributed by atoms with E-state index in [1.807, 2.05) is 36.9 Å². The molecular formula is C13H18N4+2. The number of nitrogen functional groups attached to an aromatic ring is 1. The molecule has 2 N–H and O–H groups in total. The lowest BCUT2D eigenvalue weighted by Crippen LogP contribution is -2.40. The second-order valence-corrected chi connectivity index (χ2v) is 4.28. The largest absolute Gasteiger partial charge is 0.362 e. The summed E-state index contributed by atoms with van der Waals surface area (Å²) in [6.07, 6.45) is 4.09. The first-order chi connectivity index (χ1) is 8.08. The van der Waals surface area contributed by atoms with Crippen LogP contribution in [0.1, 0.15) is 17.1 Å². The van der Waals surface area contributed by atoms with Gasteiger partial charge in [-0.2, -0.15) is 4.57 Å². The van der Waals surface area contributed by atoms with Crippen molar-refractivity contribution in [1.82, 2.24) is 4.98 Å². The fourth-order valence-corrected chi connectivity index (χ4v) is 1.76. The minimum Gasteiger partial charge on any atom is -0.362 e. The molecule has 88 valence electrons. The molecule has 2 aromatic rings. The van der Waals surface area contributed by atoms with Gasteiger partial charge in [0.05, 0.1) is 7.05 Å². The van der Waals surface area contributed by atoms with Crippen molar-refractivity contribution in [2.24, 2.45) is 7.05 Å². The van der Waals surface area contributed by atoms with Crippen LogP contribution in [0.2, 0.25) is 0 Å². The molecule has 0 spiro atoms. The van der Waals surface area contributed by atoms with Gasteiger partial charge >= 0.3 is 0 Å². The Hall–Kier alpha value is -1.97. The fraction of sp³-hybridized carbons (Fsp3) is 0.308. The number of aryl methyl sites for hydroxylation is 3. The lowest BCUT2D eigenvalue weighted by atomic mass is 10.2. The van der Waals surface area contributed by atoms with E-state index in [4.69, 9.17) is 5.73 Å². The molecule has 0 saturated carbocycles. The maximum absolute atomic E-state index is 5.95. The standard InChI is InChI=1S/C13H17N4/c1-10-6-4-5-7-17(10)9-12-8-16(3)11(2)15-13(12)14/h4-8,14H,9H2,1-3H3/q+1/p+1. The first-order valence-corrected chi connectivity index (χ1v) is 5.64. The van der Waals surface area contributed by atoms with Crippen LogP contribution in [0.15, 0.2) is 30.6 Å². The van der Waals surface area contributed by atoms with Crippen molar-refractivity contribution in [3.05, 3.63) is 47.7 Å². The number of hydrogen-bond donors (Lipinski definition) is 1. The zero-order valence-electron chi connectivity index (χ0n) is 10.5. The highest BCUT2D eigenvalue weighted by molar-refractivity contribution is 5.35. The average Bonchev–Trinajstić information content (AvgIpc) is 2.29. The second kappa shape index (κ2) is 4.49. The quantitative estimate of drug-likeness (QED) is 0.761. The molecule has 0 bridgehead atoms. The summed E-state index contributed by atoms with van der Waals surface area (Å²) in [5.41, 5.74) is 8.19. The Morgan fingerprint density at radius 1 is 1.29 bits per heavy atom. The first kappa shape index (κ1) is 11.5. The number of aromatic nitrogens is 3. The Kier molecular flexibility index (Phi) is 3.04. The molecule has 0 aliphatic rings. The smallest absolute Gasteiger partial charge is 0.297 e. The third kappa shape index (κ3) is 2.41. The van der Waals surface area contributed by atoms with E-state index in [1.165, 1.54) is 5.69 Å². The number of hydrogen-bond acceptors (Lipinski definition) is 2. The van der Waals surface area contributed by atoms with Crippen molar-refractivity contribution in [3.8, 4) is 0 Å². The van der Waals surface area contributed by atoms with Crippen LogP contribution in [0.5, 0.6) is 0 Å². The number of pyridine rings is 1. The third-order valence-electron chi connectivity index (χ3n) is 2.98. The van der Waals surface area contributed by atoms with Gasteiger partial charge in [0.1, 0.15) is 11.8 Å². The Labute approximate surface area is 101 Å². The molecule has 0 aliphatic heterocycles. The molecule has 0 radical (unpaired) electrons. The van der Waals surface area contributed by atoms with Crippen molar-refractivity contribution < 1.29 is 9.13 Å². The van der Waals surface area contributed by atoms with Gasteiger partial charge in [-0.3, -0.25) is 0 Å². The molecule has 4 nitrogen and oxygen atoms in total. The van der Waals surface area contributed by atoms with Crippen molar-refractivity contribution in [3.63, 3.8) is 0 Å². The van der Waals surface area contributed by atoms with E-state index in [0.717, 1.165) is 17.9 Å². The highest BCUT2D eigenvalue weighted by atomic mass is 15.1. The number of anilines is 1. The molecule has 2 rings (SSSR count). The Balaban J connectivity index is 2.37. The highest BCUT2D eigenvalue weighted by Gasteiger charge is 2.16. The maximum atomic E-state index is 5.95. The van der Waals surface area contributed by atoms with Crippen LogP contribution in [-0.4, -0.2) is 4.98 Å². The fourth-order valence-electron chi connectivity index (χ4n) is 1.76. The summed E-state index contributed by atoms with van der Waals surface area (Å²) in [6, 6.07) is 6.13. The molecule has 17 heavy (non-hydrogen) atoms. The van der Waals surface area contributed by atoms with Crippen LogP contribution in [-0.2, 0) is 13.6 Å². The van der Waals surface area contributed by atoms with E-state index in [2.05, 4.69) is 28.7 Å². The SMILES string of the molecule is Cc1nc(N)c(C[n+]2ccccc2C)c[n+]1C. The van der Waals surface area contributed by atoms with E-state index in [-0.39, 0.29) is 0 Å². The molecule has 0 aromatic carbocycles. The van der Waals surface area contributed by atoms with Crippen LogP contribution >= 0.6 is 0 Å². The number of rotatable bonds is 2. The van der Waals surface area contributed by atoms with Crippen molar-refractivity contribution in [2.75, 3.05) is 5.73 Å². The summed E-state index contributed by atoms with van der Waals surface area (Å²) in [4.78, 5) is 4.33. The summed E-state index contributed by atoms with van der Waals surface area (Å²) in [5, 5.41) is 0. The molecule has 2 heterocycles. The second-order valence-electron chi connectivity index (χ2n) is 4.28. The zero-order valence-corrected chi connectivity index (χ0v) is 10.5. The monoisotopic (exact) mass is 230 g/mol. The minimum absolute atomic E-state index is 0.608. The van der Waals surface area contributed by atoms with E-state index in [1.54, 1.807) is 0 Å². The van der Waals surface area contributed by atoms with Crippen LogP contribution in [0.3, 0.4) is 0 Å². The van der Waals surface area contributed by atoms with Crippen LogP contribution in [0.4, 0.5) is 5.82 Å². The predicted molar refractivity (Wildman–Crippen MR) is 65.0 cm³/mol. The Bertz CT molecular complexity index is 549. The maximum Gasteiger partial charge on any atom is 0.297 e. The normalized spacial score (nSPS) is 10.5. The summed E-state index contributed by atoms with van der Waals surface area (Å²) in [6.45, 7) is 4.78. The van der Waals surface area contributed by atoms with Crippen LogP contribution < -0.4 is 14.9 Å². The predicted octanol–water partition coefficient (Wildman–Crippen LogP) is 0.441. The van der Waals surface area contributed by atoms with Crippen LogP contribution in [0.25, 0.3) is 0 Å². The average molecular weight is 230 g/mol. The van der Waals surface area contributed by atoms with Crippen molar-refractivity contribution in [2.45, 2.75) is 20.4 Å². The molecular weight excluding hydrogens is 212 g/mol. The van der Waals surface area contributed by atoms with Gasteiger partial charge < -0.3 is 5.73 Å². The molecule has 4 heteroatoms. The Morgan fingerprint density at radius 3 is 2.76 bits per heavy atom. The van der Waals surface area contributed by atoms with E-state index < -0.39 is 0 Å². The van der Waals surface area contributed by atoms with Gasteiger partial charge in [0.25, 0.3) is 11.6 Å². The van der Waals surface area contributed by atoms with Gasteiger partial charge in [0.2, 0.25) is 0 Å². The molecule has 0 fully saturated rings. The van der Waals surface area contributed by atoms with Crippen molar-refractivity contribution in [1.29, 1.82) is 0 Å². The lowest BCUT2D eigenvalue weighted by Gasteiger charge is -2.02. The van der Waals surface area contributed by atoms with E-state index in [9.17, 15) is 0 Å². The van der Waals surface area contributed by atoms with Gasteiger partial charge in [0, 0.05) is 26.0 Å². The summed E-state index contributed by atoms with van der Waals surface area (Å²) >= 11 is 0. The summed E-state index contributed by atoms with van der Waals surface area (Å²) in [7, 11) is 1.98. The van der Waals surface area contributed by atoms with Gasteiger partial charge in [-0.15, -0.1) is 0 Å². The van der Waals surface area contributed by atoms with Crippen molar-refractivity contribution >= 4 is 5.82 Å². The zero-order chi connectivity index (χ0) is 12.4. The lowest BCUT2D eigenvalue weighted by molar-refractivity contribution is -0.701. The van der Waals surface area contributed by atoms with E-state index in [0.29, 0.717) is 5.82 Å². The van der Waals surface area contributed by atoms with Gasteiger partial charge in [0.15, 0.2) is 18.4 Å². The molecule has 0 unspecified atom stereocenters. The van der Waals surface area contributed by atoms with Crippen LogP contribution in [0, 0.1) is 13.8 Å². The molecule has 0 aliphatic carbocycles. The topological polar surface area (TPSA) is 46.7 Å². The first-order valence-electron chi connectivity index (χ1n) is 5.64. The molecule has 0 amide bonds. The van der Waals surface area contributed by atoms with Gasteiger partial charge in [-0.1, -0.05) is 6.07 Å². The number of nitrogens with two attached hydrogens (primary N) is 1. The molecule has 2 aromatic heterocycles. The molecule has 0 atom stereocenters.